The molecule has 0 aromatic rings. The van der Waals surface area contributed by atoms with Gasteiger partial charge in [-0.3, -0.25) is 0 Å². The van der Waals surface area contributed by atoms with Gasteiger partial charge in [-0.1, -0.05) is 70.9 Å². The van der Waals surface area contributed by atoms with Crippen molar-refractivity contribution in [3.8, 4) is 0 Å². The van der Waals surface area contributed by atoms with Crippen LogP contribution in [0.15, 0.2) is 60.8 Å². The molecule has 0 aromatic carbocycles. The highest BCUT2D eigenvalue weighted by atomic mass is 14.0. The van der Waals surface area contributed by atoms with Crippen LogP contribution in [0.25, 0.3) is 0 Å². The van der Waals surface area contributed by atoms with Gasteiger partial charge in [-0.25, -0.2) is 0 Å². The molecule has 0 aromatic heterocycles. The van der Waals surface area contributed by atoms with Gasteiger partial charge >= 0.3 is 0 Å². The molecule has 0 rings (SSSR count). The van der Waals surface area contributed by atoms with Gasteiger partial charge in [0.05, 0.1) is 0 Å². The zero-order valence-electron chi connectivity index (χ0n) is 9.93. The van der Waals surface area contributed by atoms with Gasteiger partial charge in [0.1, 0.15) is 0 Å². The third-order valence-electron chi connectivity index (χ3n) is 1.68. The highest BCUT2D eigenvalue weighted by Gasteiger charge is 1.92. The Morgan fingerprint density at radius 2 is 1.53 bits per heavy atom. The molecule has 0 atom stereocenters. The molecule has 0 radical (unpaired) electrons. The first-order chi connectivity index (χ1) is 6.65. The number of rotatable bonds is 4. The van der Waals surface area contributed by atoms with Crippen molar-refractivity contribution in [1.29, 1.82) is 0 Å². The van der Waals surface area contributed by atoms with Gasteiger partial charge in [-0.15, -0.1) is 0 Å². The molecule has 0 fully saturated rings. The minimum Gasteiger partial charge on any atom is -0.0985 e. The molecule has 0 saturated heterocycles. The van der Waals surface area contributed by atoms with E-state index >= 15 is 0 Å². The van der Waals surface area contributed by atoms with Crippen molar-refractivity contribution in [2.45, 2.75) is 35.1 Å². The topological polar surface area (TPSA) is 0 Å². The van der Waals surface area contributed by atoms with Gasteiger partial charge in [0.2, 0.25) is 0 Å². The highest BCUT2D eigenvalue weighted by Crippen LogP contribution is 2.12. The minimum absolute atomic E-state index is 0. The van der Waals surface area contributed by atoms with E-state index in [2.05, 4.69) is 19.7 Å². The van der Waals surface area contributed by atoms with Gasteiger partial charge < -0.3 is 0 Å². The van der Waals surface area contributed by atoms with E-state index in [1.54, 1.807) is 12.2 Å². The first-order valence-corrected chi connectivity index (χ1v) is 4.94. The molecule has 0 amide bonds. The Hall–Kier alpha value is -1.30. The van der Waals surface area contributed by atoms with E-state index in [0.29, 0.717) is 0 Å². The maximum absolute atomic E-state index is 3.85. The normalized spacial score (nSPS) is 10.4. The summed E-state index contributed by atoms with van der Waals surface area (Å²) in [5.74, 6) is 0. The quantitative estimate of drug-likeness (QED) is 0.535. The molecular formula is C15H26. The zero-order chi connectivity index (χ0) is 11.6. The van der Waals surface area contributed by atoms with Gasteiger partial charge in [0.25, 0.3) is 0 Å². The van der Waals surface area contributed by atoms with Gasteiger partial charge in [0.15, 0.2) is 0 Å². The van der Waals surface area contributed by atoms with Crippen LogP contribution in [0.3, 0.4) is 0 Å². The predicted molar refractivity (Wildman–Crippen MR) is 75.1 cm³/mol. The Bertz CT molecular complexity index is 249. The van der Waals surface area contributed by atoms with Crippen molar-refractivity contribution in [2.24, 2.45) is 0 Å². The summed E-state index contributed by atoms with van der Waals surface area (Å²) < 4.78 is 0. The van der Waals surface area contributed by atoms with E-state index in [1.165, 1.54) is 5.57 Å². The van der Waals surface area contributed by atoms with E-state index in [-0.39, 0.29) is 7.43 Å². The summed E-state index contributed by atoms with van der Waals surface area (Å²) in [4.78, 5) is 0. The Balaban J connectivity index is -0.000000449. The molecule has 86 valence electrons. The lowest BCUT2D eigenvalue weighted by Gasteiger charge is -2.00. The lowest BCUT2D eigenvalue weighted by atomic mass is 10.1. The van der Waals surface area contributed by atoms with Gasteiger partial charge in [0, 0.05) is 0 Å². The second-order valence-electron chi connectivity index (χ2n) is 2.57. The van der Waals surface area contributed by atoms with Crippen molar-refractivity contribution in [2.75, 3.05) is 0 Å². The maximum atomic E-state index is 3.85. The Morgan fingerprint density at radius 3 is 1.80 bits per heavy atom. The van der Waals surface area contributed by atoms with E-state index in [9.17, 15) is 0 Å². The molecule has 0 spiro atoms. The summed E-state index contributed by atoms with van der Waals surface area (Å²) in [6, 6.07) is 0. The molecule has 0 N–H and O–H groups in total. The molecule has 0 heterocycles. The van der Waals surface area contributed by atoms with Crippen LogP contribution in [-0.2, 0) is 0 Å². The second-order valence-corrected chi connectivity index (χ2v) is 2.57. The zero-order valence-corrected chi connectivity index (χ0v) is 9.93. The fraction of sp³-hybridized carbons (Fsp3) is 0.333. The van der Waals surface area contributed by atoms with Crippen LogP contribution in [0.5, 0.6) is 0 Å². The number of hydrogen-bond acceptors (Lipinski definition) is 0. The lowest BCUT2D eigenvalue weighted by molar-refractivity contribution is 1.44. The average molecular weight is 206 g/mol. The predicted octanol–water partition coefficient (Wildman–Crippen LogP) is 5.47. The second kappa shape index (κ2) is 12.7. The molecule has 15 heavy (non-hydrogen) atoms. The van der Waals surface area contributed by atoms with Gasteiger partial charge in [-0.2, -0.15) is 0 Å². The third-order valence-corrected chi connectivity index (χ3v) is 1.68. The lowest BCUT2D eigenvalue weighted by Crippen LogP contribution is -1.80. The molecule has 0 nitrogen and oxygen atoms in total. The molecule has 0 unspecified atom stereocenters. The molecular weight excluding hydrogens is 180 g/mol. The fourth-order valence-corrected chi connectivity index (χ4v) is 0.729. The van der Waals surface area contributed by atoms with Crippen LogP contribution in [0.2, 0.25) is 0 Å². The van der Waals surface area contributed by atoms with E-state index in [4.69, 9.17) is 0 Å². The first kappa shape index (κ1) is 19.3. The summed E-state index contributed by atoms with van der Waals surface area (Å²) in [6.07, 6.45) is 7.60. The molecule has 0 heteroatoms. The molecule has 0 saturated carbocycles. The average Bonchev–Trinajstić information content (AvgIpc) is 2.27. The van der Waals surface area contributed by atoms with Crippen molar-refractivity contribution < 1.29 is 0 Å². The maximum Gasteiger partial charge on any atom is -0.0194 e. The van der Waals surface area contributed by atoms with Crippen LogP contribution in [0.4, 0.5) is 0 Å². The van der Waals surface area contributed by atoms with E-state index in [1.807, 2.05) is 39.8 Å². The van der Waals surface area contributed by atoms with Crippen LogP contribution in [-0.4, -0.2) is 0 Å². The van der Waals surface area contributed by atoms with Crippen molar-refractivity contribution in [1.82, 2.24) is 0 Å². The van der Waals surface area contributed by atoms with Crippen LogP contribution < -0.4 is 0 Å². The Morgan fingerprint density at radius 1 is 1.07 bits per heavy atom. The summed E-state index contributed by atoms with van der Waals surface area (Å²) in [5.41, 5.74) is 3.14. The third kappa shape index (κ3) is 9.01. The molecule has 0 aliphatic heterocycles. The van der Waals surface area contributed by atoms with E-state index < -0.39 is 0 Å². The van der Waals surface area contributed by atoms with Crippen LogP contribution >= 0.6 is 0 Å². The standard InChI is InChI=1S/C12H16.C2H6.CH4/c1-6-10(4)9-12(8-3)11(5)7-2;1-2;/h6-9H,2-3,5H2,1,4H3;1-2H3;1H4/b10-6-,12-9-;;. The highest BCUT2D eigenvalue weighted by molar-refractivity contribution is 5.46. The van der Waals surface area contributed by atoms with Crippen molar-refractivity contribution >= 4 is 0 Å². The van der Waals surface area contributed by atoms with E-state index in [0.717, 1.165) is 11.1 Å². The summed E-state index contributed by atoms with van der Waals surface area (Å²) in [6.45, 7) is 19.3. The molecule has 0 aliphatic carbocycles. The molecule has 0 aliphatic rings. The SMILES string of the molecule is C.C=CC(=C)/C(C=C)=C\C(C)=C/C.CC. The first-order valence-electron chi connectivity index (χ1n) is 4.94. The number of allylic oxidation sites excluding steroid dienone is 7. The van der Waals surface area contributed by atoms with Crippen LogP contribution in [0, 0.1) is 0 Å². The van der Waals surface area contributed by atoms with Crippen molar-refractivity contribution in [3.05, 3.63) is 60.8 Å². The number of hydrogen-bond donors (Lipinski definition) is 0. The Kier molecular flexibility index (Phi) is 16.3. The fourth-order valence-electron chi connectivity index (χ4n) is 0.729. The summed E-state index contributed by atoms with van der Waals surface area (Å²) in [7, 11) is 0. The van der Waals surface area contributed by atoms with Crippen molar-refractivity contribution in [3.63, 3.8) is 0 Å². The Labute approximate surface area is 96.4 Å². The summed E-state index contributed by atoms with van der Waals surface area (Å²) >= 11 is 0. The van der Waals surface area contributed by atoms with Gasteiger partial charge in [-0.05, 0) is 25.0 Å². The molecule has 0 bridgehead atoms. The van der Waals surface area contributed by atoms with Crippen LogP contribution in [0.1, 0.15) is 35.1 Å². The monoisotopic (exact) mass is 206 g/mol. The largest absolute Gasteiger partial charge is 0.0985 e. The minimum atomic E-state index is 0. The smallest absolute Gasteiger partial charge is 0.0194 e. The summed E-state index contributed by atoms with van der Waals surface area (Å²) in [5, 5.41) is 0.